The molecule has 2 nitrogen and oxygen atoms in total. The van der Waals surface area contributed by atoms with Gasteiger partial charge in [-0.25, -0.2) is 0 Å². The fourth-order valence-corrected chi connectivity index (χ4v) is 2.03. The van der Waals surface area contributed by atoms with E-state index in [4.69, 9.17) is 5.11 Å². The number of rotatable bonds is 6. The Balaban J connectivity index is 2.14. The van der Waals surface area contributed by atoms with E-state index < -0.39 is 0 Å². The van der Waals surface area contributed by atoms with Gasteiger partial charge in [0.15, 0.2) is 0 Å². The summed E-state index contributed by atoms with van der Waals surface area (Å²) in [5.74, 6) is 0. The van der Waals surface area contributed by atoms with E-state index in [9.17, 15) is 0 Å². The van der Waals surface area contributed by atoms with Crippen LogP contribution in [-0.2, 0) is 6.54 Å². The van der Waals surface area contributed by atoms with Crippen molar-refractivity contribution in [2.75, 3.05) is 20.2 Å². The van der Waals surface area contributed by atoms with E-state index >= 15 is 0 Å². The van der Waals surface area contributed by atoms with Gasteiger partial charge in [-0.15, -0.1) is 11.3 Å². The molecule has 1 aromatic heterocycles. The molecule has 0 atom stereocenters. The summed E-state index contributed by atoms with van der Waals surface area (Å²) >= 11 is 1.80. The minimum absolute atomic E-state index is 0.312. The molecule has 1 rings (SSSR count). The number of nitrogens with zero attached hydrogens (tertiary/aromatic N) is 1. The third-order valence-corrected chi connectivity index (χ3v) is 2.81. The number of aliphatic hydroxyl groups excluding tert-OH is 1. The quantitative estimate of drug-likeness (QED) is 0.708. The molecule has 0 bridgehead atoms. The maximum absolute atomic E-state index is 8.62. The van der Waals surface area contributed by atoms with Crippen LogP contribution in [0.2, 0.25) is 0 Å². The van der Waals surface area contributed by atoms with Gasteiger partial charge in [0.1, 0.15) is 0 Å². The van der Waals surface area contributed by atoms with Gasteiger partial charge in [0, 0.05) is 18.0 Å². The predicted molar refractivity (Wildman–Crippen MR) is 57.0 cm³/mol. The molecule has 0 unspecified atom stereocenters. The molecule has 3 heteroatoms. The SMILES string of the molecule is CN(CCCCO)Cc1cccs1. The molecule has 0 aliphatic carbocycles. The van der Waals surface area contributed by atoms with Gasteiger partial charge >= 0.3 is 0 Å². The summed E-state index contributed by atoms with van der Waals surface area (Å²) in [6.07, 6.45) is 1.99. The van der Waals surface area contributed by atoms with Crippen molar-refractivity contribution in [2.24, 2.45) is 0 Å². The molecule has 0 radical (unpaired) electrons. The first-order chi connectivity index (χ1) is 6.33. The van der Waals surface area contributed by atoms with Gasteiger partial charge in [-0.3, -0.25) is 0 Å². The monoisotopic (exact) mass is 199 g/mol. The van der Waals surface area contributed by atoms with Crippen LogP contribution in [0.5, 0.6) is 0 Å². The molecule has 0 amide bonds. The summed E-state index contributed by atoms with van der Waals surface area (Å²) in [6, 6.07) is 4.24. The van der Waals surface area contributed by atoms with Gasteiger partial charge in [0.05, 0.1) is 0 Å². The molecule has 0 saturated carbocycles. The maximum Gasteiger partial charge on any atom is 0.0431 e. The largest absolute Gasteiger partial charge is 0.396 e. The van der Waals surface area contributed by atoms with Crippen LogP contribution in [0.4, 0.5) is 0 Å². The number of hydrogen-bond donors (Lipinski definition) is 1. The third-order valence-electron chi connectivity index (χ3n) is 1.95. The van der Waals surface area contributed by atoms with Gasteiger partial charge in [0.25, 0.3) is 0 Å². The predicted octanol–water partition coefficient (Wildman–Crippen LogP) is 1.95. The molecule has 74 valence electrons. The average Bonchev–Trinajstić information content (AvgIpc) is 2.57. The lowest BCUT2D eigenvalue weighted by Crippen LogP contribution is -2.18. The van der Waals surface area contributed by atoms with Crippen molar-refractivity contribution in [3.8, 4) is 0 Å². The summed E-state index contributed by atoms with van der Waals surface area (Å²) in [7, 11) is 2.12. The first-order valence-electron chi connectivity index (χ1n) is 4.64. The van der Waals surface area contributed by atoms with Crippen molar-refractivity contribution in [1.29, 1.82) is 0 Å². The molecule has 0 aromatic carbocycles. The van der Waals surface area contributed by atoms with E-state index in [1.165, 1.54) is 4.88 Å². The first kappa shape index (κ1) is 10.7. The van der Waals surface area contributed by atoms with E-state index in [1.54, 1.807) is 11.3 Å². The van der Waals surface area contributed by atoms with Crippen molar-refractivity contribution in [2.45, 2.75) is 19.4 Å². The van der Waals surface area contributed by atoms with Crippen molar-refractivity contribution in [3.63, 3.8) is 0 Å². The highest BCUT2D eigenvalue weighted by atomic mass is 32.1. The Morgan fingerprint density at radius 3 is 2.92 bits per heavy atom. The molecule has 1 N–H and O–H groups in total. The van der Waals surface area contributed by atoms with Gasteiger partial charge in [-0.2, -0.15) is 0 Å². The zero-order valence-corrected chi connectivity index (χ0v) is 8.89. The second-order valence-electron chi connectivity index (χ2n) is 3.25. The molecule has 0 saturated heterocycles. The second kappa shape index (κ2) is 6.13. The zero-order chi connectivity index (χ0) is 9.52. The van der Waals surface area contributed by atoms with Crippen LogP contribution in [0.25, 0.3) is 0 Å². The van der Waals surface area contributed by atoms with E-state index in [0.717, 1.165) is 25.9 Å². The zero-order valence-electron chi connectivity index (χ0n) is 8.07. The number of hydrogen-bond acceptors (Lipinski definition) is 3. The van der Waals surface area contributed by atoms with Gasteiger partial charge in [-0.1, -0.05) is 6.07 Å². The van der Waals surface area contributed by atoms with Gasteiger partial charge < -0.3 is 10.0 Å². The number of thiophene rings is 1. The van der Waals surface area contributed by atoms with Crippen LogP contribution in [0.1, 0.15) is 17.7 Å². The Bertz CT molecular complexity index is 211. The Morgan fingerprint density at radius 2 is 2.31 bits per heavy atom. The Morgan fingerprint density at radius 1 is 1.46 bits per heavy atom. The molecule has 1 heterocycles. The molecule has 1 aromatic rings. The summed E-state index contributed by atoms with van der Waals surface area (Å²) in [5.41, 5.74) is 0. The van der Waals surface area contributed by atoms with Gasteiger partial charge in [-0.05, 0) is 37.9 Å². The van der Waals surface area contributed by atoms with E-state index in [1.807, 2.05) is 0 Å². The minimum atomic E-state index is 0.312. The molecule has 0 aliphatic heterocycles. The molecule has 0 aliphatic rings. The lowest BCUT2D eigenvalue weighted by Gasteiger charge is -2.14. The summed E-state index contributed by atoms with van der Waals surface area (Å²) in [6.45, 7) is 2.41. The van der Waals surface area contributed by atoms with Crippen LogP contribution >= 0.6 is 11.3 Å². The molecular weight excluding hydrogens is 182 g/mol. The Hall–Kier alpha value is -0.380. The van der Waals surface area contributed by atoms with E-state index in [0.29, 0.717) is 6.61 Å². The lowest BCUT2D eigenvalue weighted by atomic mass is 10.3. The maximum atomic E-state index is 8.62. The average molecular weight is 199 g/mol. The molecule has 0 fully saturated rings. The van der Waals surface area contributed by atoms with Gasteiger partial charge in [0.2, 0.25) is 0 Å². The van der Waals surface area contributed by atoms with Crippen molar-refractivity contribution in [1.82, 2.24) is 4.90 Å². The highest BCUT2D eigenvalue weighted by Crippen LogP contribution is 2.10. The van der Waals surface area contributed by atoms with Crippen LogP contribution in [0, 0.1) is 0 Å². The fraction of sp³-hybridized carbons (Fsp3) is 0.600. The van der Waals surface area contributed by atoms with E-state index in [-0.39, 0.29) is 0 Å². The Labute approximate surface area is 83.8 Å². The van der Waals surface area contributed by atoms with Crippen LogP contribution in [0.15, 0.2) is 17.5 Å². The second-order valence-corrected chi connectivity index (χ2v) is 4.28. The Kier molecular flexibility index (Phi) is 5.05. The highest BCUT2D eigenvalue weighted by Gasteiger charge is 1.99. The number of unbranched alkanes of at least 4 members (excludes halogenated alkanes) is 1. The minimum Gasteiger partial charge on any atom is -0.396 e. The number of aliphatic hydroxyl groups is 1. The standard InChI is InChI=1S/C10H17NOS/c1-11(6-2-3-7-12)9-10-5-4-8-13-10/h4-5,8,12H,2-3,6-7,9H2,1H3. The summed E-state index contributed by atoms with van der Waals surface area (Å²) in [5, 5.41) is 10.7. The van der Waals surface area contributed by atoms with Crippen molar-refractivity contribution >= 4 is 11.3 Å². The first-order valence-corrected chi connectivity index (χ1v) is 5.52. The molecule has 13 heavy (non-hydrogen) atoms. The lowest BCUT2D eigenvalue weighted by molar-refractivity contribution is 0.262. The highest BCUT2D eigenvalue weighted by molar-refractivity contribution is 7.09. The normalized spacial score (nSPS) is 11.0. The summed E-state index contributed by atoms with van der Waals surface area (Å²) < 4.78 is 0. The fourth-order valence-electron chi connectivity index (χ4n) is 1.24. The molecule has 0 spiro atoms. The topological polar surface area (TPSA) is 23.5 Å². The van der Waals surface area contributed by atoms with Crippen LogP contribution < -0.4 is 0 Å². The van der Waals surface area contributed by atoms with Crippen LogP contribution in [-0.4, -0.2) is 30.2 Å². The van der Waals surface area contributed by atoms with Crippen molar-refractivity contribution in [3.05, 3.63) is 22.4 Å². The smallest absolute Gasteiger partial charge is 0.0431 e. The van der Waals surface area contributed by atoms with E-state index in [2.05, 4.69) is 29.5 Å². The third kappa shape index (κ3) is 4.41. The summed E-state index contributed by atoms with van der Waals surface area (Å²) in [4.78, 5) is 3.70. The van der Waals surface area contributed by atoms with Crippen LogP contribution in [0.3, 0.4) is 0 Å². The molecular formula is C10H17NOS. The van der Waals surface area contributed by atoms with Crippen molar-refractivity contribution < 1.29 is 5.11 Å².